The van der Waals surface area contributed by atoms with Gasteiger partial charge in [0, 0.05) is 5.54 Å². The Morgan fingerprint density at radius 2 is 2.00 bits per heavy atom. The predicted molar refractivity (Wildman–Crippen MR) is 80.0 cm³/mol. The van der Waals surface area contributed by atoms with Gasteiger partial charge in [-0.05, 0) is 38.8 Å². The highest BCUT2D eigenvalue weighted by Gasteiger charge is 2.26. The molecule has 1 atom stereocenters. The maximum atomic E-state index is 12.1. The van der Waals surface area contributed by atoms with Crippen LogP contribution in [-0.4, -0.2) is 30.5 Å². The topological polar surface area (TPSA) is 67.4 Å². The van der Waals surface area contributed by atoms with Crippen LogP contribution in [0, 0.1) is 5.92 Å². The number of hydrogen-bond donors (Lipinski definition) is 2. The number of rotatable bonds is 3. The third-order valence-corrected chi connectivity index (χ3v) is 3.19. The highest BCUT2D eigenvalue weighted by atomic mass is 16.5. The minimum absolute atomic E-state index is 0.00570. The van der Waals surface area contributed by atoms with Crippen molar-refractivity contribution in [3.8, 4) is 5.75 Å². The Labute approximate surface area is 125 Å². The van der Waals surface area contributed by atoms with Crippen LogP contribution >= 0.6 is 0 Å². The molecule has 0 fully saturated rings. The minimum Gasteiger partial charge on any atom is -0.492 e. The number of benzene rings is 1. The lowest BCUT2D eigenvalue weighted by Crippen LogP contribution is -2.47. The molecule has 1 heterocycles. The number of carbonyl (C=O) groups is 2. The monoisotopic (exact) mass is 290 g/mol. The maximum absolute atomic E-state index is 12.1. The zero-order valence-electron chi connectivity index (χ0n) is 12.7. The molecule has 1 aromatic rings. The second kappa shape index (κ2) is 6.16. The van der Waals surface area contributed by atoms with Gasteiger partial charge in [0.05, 0.1) is 12.5 Å². The van der Waals surface area contributed by atoms with E-state index in [-0.39, 0.29) is 29.8 Å². The molecule has 114 valence electrons. The molecule has 1 aromatic carbocycles. The van der Waals surface area contributed by atoms with Crippen molar-refractivity contribution < 1.29 is 14.3 Å². The molecule has 5 nitrogen and oxygen atoms in total. The van der Waals surface area contributed by atoms with Gasteiger partial charge in [-0.3, -0.25) is 9.59 Å². The van der Waals surface area contributed by atoms with E-state index in [4.69, 9.17) is 4.74 Å². The van der Waals surface area contributed by atoms with Gasteiger partial charge in [0.2, 0.25) is 11.8 Å². The van der Waals surface area contributed by atoms with Crippen LogP contribution in [0.3, 0.4) is 0 Å². The first-order valence-corrected chi connectivity index (χ1v) is 7.14. The fourth-order valence-electron chi connectivity index (χ4n) is 2.27. The van der Waals surface area contributed by atoms with E-state index in [1.54, 1.807) is 0 Å². The van der Waals surface area contributed by atoms with Gasteiger partial charge in [-0.15, -0.1) is 0 Å². The maximum Gasteiger partial charge on any atom is 0.239 e. The van der Waals surface area contributed by atoms with Gasteiger partial charge >= 0.3 is 0 Å². The second-order valence-corrected chi connectivity index (χ2v) is 6.34. The van der Waals surface area contributed by atoms with Crippen LogP contribution in [0.2, 0.25) is 0 Å². The zero-order chi connectivity index (χ0) is 15.5. The van der Waals surface area contributed by atoms with E-state index < -0.39 is 0 Å². The Bertz CT molecular complexity index is 535. The summed E-state index contributed by atoms with van der Waals surface area (Å²) in [6.07, 6.45) is 0.642. The molecule has 5 heteroatoms. The van der Waals surface area contributed by atoms with E-state index in [2.05, 4.69) is 10.6 Å². The molecule has 1 aliphatic rings. The number of para-hydroxylation sites is 1. The first-order chi connectivity index (χ1) is 9.85. The van der Waals surface area contributed by atoms with Gasteiger partial charge in [-0.1, -0.05) is 18.2 Å². The molecule has 0 radical (unpaired) electrons. The molecule has 1 unspecified atom stereocenters. The summed E-state index contributed by atoms with van der Waals surface area (Å²) >= 11 is 0. The molecule has 0 aliphatic carbocycles. The minimum atomic E-state index is -0.297. The van der Waals surface area contributed by atoms with Crippen molar-refractivity contribution in [2.75, 3.05) is 13.2 Å². The van der Waals surface area contributed by atoms with E-state index in [0.717, 1.165) is 11.3 Å². The van der Waals surface area contributed by atoms with Crippen LogP contribution in [-0.2, 0) is 16.0 Å². The summed E-state index contributed by atoms with van der Waals surface area (Å²) in [4.78, 5) is 23.8. The van der Waals surface area contributed by atoms with Crippen LogP contribution in [0.4, 0.5) is 0 Å². The first kappa shape index (κ1) is 15.4. The van der Waals surface area contributed by atoms with Crippen LogP contribution < -0.4 is 15.4 Å². The number of carbonyl (C=O) groups excluding carboxylic acids is 2. The van der Waals surface area contributed by atoms with E-state index in [1.165, 1.54) is 0 Å². The van der Waals surface area contributed by atoms with E-state index in [1.807, 2.05) is 45.0 Å². The molecule has 1 aliphatic heterocycles. The average molecular weight is 290 g/mol. The Kier molecular flexibility index (Phi) is 4.50. The summed E-state index contributed by atoms with van der Waals surface area (Å²) < 4.78 is 5.58. The molecule has 0 aromatic heterocycles. The zero-order valence-corrected chi connectivity index (χ0v) is 12.7. The van der Waals surface area contributed by atoms with Crippen molar-refractivity contribution in [2.45, 2.75) is 32.7 Å². The summed E-state index contributed by atoms with van der Waals surface area (Å²) in [5.74, 6) is 0.260. The van der Waals surface area contributed by atoms with Crippen molar-refractivity contribution in [1.82, 2.24) is 10.6 Å². The van der Waals surface area contributed by atoms with Gasteiger partial charge in [0.1, 0.15) is 12.4 Å². The van der Waals surface area contributed by atoms with Crippen molar-refractivity contribution in [3.05, 3.63) is 29.8 Å². The van der Waals surface area contributed by atoms with Gasteiger partial charge in [0.15, 0.2) is 0 Å². The third kappa shape index (κ3) is 4.48. The van der Waals surface area contributed by atoms with Gasteiger partial charge < -0.3 is 15.4 Å². The summed E-state index contributed by atoms with van der Waals surface area (Å²) in [5, 5.41) is 5.48. The lowest BCUT2D eigenvalue weighted by atomic mass is 9.96. The molecular weight excluding hydrogens is 268 g/mol. The summed E-state index contributed by atoms with van der Waals surface area (Å²) in [7, 11) is 0. The number of fused-ring (bicyclic) bond motifs is 1. The molecular formula is C16H22N2O3. The first-order valence-electron chi connectivity index (χ1n) is 7.14. The highest BCUT2D eigenvalue weighted by molar-refractivity contribution is 5.86. The lowest BCUT2D eigenvalue weighted by Gasteiger charge is -2.25. The largest absolute Gasteiger partial charge is 0.492 e. The Morgan fingerprint density at radius 1 is 1.29 bits per heavy atom. The summed E-state index contributed by atoms with van der Waals surface area (Å²) in [5.41, 5.74) is 0.734. The number of amides is 2. The van der Waals surface area contributed by atoms with Crippen molar-refractivity contribution in [3.63, 3.8) is 0 Å². The van der Waals surface area contributed by atoms with Gasteiger partial charge in [-0.2, -0.15) is 0 Å². The molecule has 21 heavy (non-hydrogen) atoms. The molecule has 0 saturated heterocycles. The van der Waals surface area contributed by atoms with Crippen LogP contribution in [0.15, 0.2) is 24.3 Å². The molecule has 2 N–H and O–H groups in total. The summed E-state index contributed by atoms with van der Waals surface area (Å²) in [6.45, 7) is 6.05. The Balaban J connectivity index is 1.84. The molecule has 2 rings (SSSR count). The second-order valence-electron chi connectivity index (χ2n) is 6.34. The standard InChI is InChI=1S/C16H22N2O3/c1-16(2,3)18-14(19)9-17-15(20)12-8-11-6-4-5-7-13(11)21-10-12/h4-7,12H,8-10H2,1-3H3,(H,17,20)(H,18,19). The molecule has 0 bridgehead atoms. The van der Waals surface area contributed by atoms with E-state index in [9.17, 15) is 9.59 Å². The third-order valence-electron chi connectivity index (χ3n) is 3.19. The molecule has 2 amide bonds. The Morgan fingerprint density at radius 3 is 2.71 bits per heavy atom. The normalized spacial score (nSPS) is 17.4. The number of hydrogen-bond acceptors (Lipinski definition) is 3. The van der Waals surface area contributed by atoms with E-state index >= 15 is 0 Å². The average Bonchev–Trinajstić information content (AvgIpc) is 2.42. The lowest BCUT2D eigenvalue weighted by molar-refractivity contribution is -0.130. The molecule has 0 spiro atoms. The van der Waals surface area contributed by atoms with Crippen LogP contribution in [0.1, 0.15) is 26.3 Å². The van der Waals surface area contributed by atoms with E-state index in [0.29, 0.717) is 13.0 Å². The fraction of sp³-hybridized carbons (Fsp3) is 0.500. The van der Waals surface area contributed by atoms with Crippen LogP contribution in [0.5, 0.6) is 5.75 Å². The Hall–Kier alpha value is -2.04. The van der Waals surface area contributed by atoms with Gasteiger partial charge in [-0.25, -0.2) is 0 Å². The van der Waals surface area contributed by atoms with Crippen LogP contribution in [0.25, 0.3) is 0 Å². The quantitative estimate of drug-likeness (QED) is 0.881. The smallest absolute Gasteiger partial charge is 0.239 e. The predicted octanol–water partition coefficient (Wildman–Crippen LogP) is 1.27. The SMILES string of the molecule is CC(C)(C)NC(=O)CNC(=O)C1COc2ccccc2C1. The fourth-order valence-corrected chi connectivity index (χ4v) is 2.27. The summed E-state index contributed by atoms with van der Waals surface area (Å²) in [6, 6.07) is 7.71. The highest BCUT2D eigenvalue weighted by Crippen LogP contribution is 2.26. The number of nitrogens with one attached hydrogen (secondary N) is 2. The van der Waals surface area contributed by atoms with Crippen molar-refractivity contribution in [2.24, 2.45) is 5.92 Å². The van der Waals surface area contributed by atoms with Gasteiger partial charge in [0.25, 0.3) is 0 Å². The van der Waals surface area contributed by atoms with Crippen molar-refractivity contribution >= 4 is 11.8 Å². The number of ether oxygens (including phenoxy) is 1. The molecule has 0 saturated carbocycles. The van der Waals surface area contributed by atoms with Crippen molar-refractivity contribution in [1.29, 1.82) is 0 Å².